The van der Waals surface area contributed by atoms with Gasteiger partial charge in [-0.25, -0.2) is 4.68 Å². The van der Waals surface area contributed by atoms with Crippen LogP contribution in [0.15, 0.2) is 4.73 Å². The summed E-state index contributed by atoms with van der Waals surface area (Å²) >= 11 is 3.22. The lowest BCUT2D eigenvalue weighted by Crippen LogP contribution is -2.15. The fourth-order valence-electron chi connectivity index (χ4n) is 0.850. The van der Waals surface area contributed by atoms with Gasteiger partial charge in [-0.3, -0.25) is 0 Å². The van der Waals surface area contributed by atoms with Gasteiger partial charge in [0.1, 0.15) is 0 Å². The summed E-state index contributed by atoms with van der Waals surface area (Å²) in [5.41, 5.74) is 0. The largest absolute Gasteiger partial charge is 0.347 e. The molecule has 0 saturated carbocycles. The van der Waals surface area contributed by atoms with Gasteiger partial charge < -0.3 is 4.90 Å². The molecule has 0 radical (unpaired) electrons. The Morgan fingerprint density at radius 1 is 1.38 bits per heavy atom. The number of halogens is 3. The number of nitrogens with zero attached hydrogens (tertiary/aromatic N) is 4. The SMILES string of the molecule is CCn1nc(Br)nc1N(C)C.Cl.Cl. The summed E-state index contributed by atoms with van der Waals surface area (Å²) in [6.07, 6.45) is 0. The van der Waals surface area contributed by atoms with Gasteiger partial charge in [0.05, 0.1) is 0 Å². The molecule has 0 bridgehead atoms. The summed E-state index contributed by atoms with van der Waals surface area (Å²) in [7, 11) is 3.89. The van der Waals surface area contributed by atoms with E-state index in [1.165, 1.54) is 0 Å². The molecule has 1 heterocycles. The monoisotopic (exact) mass is 290 g/mol. The minimum atomic E-state index is 0. The Morgan fingerprint density at radius 3 is 2.23 bits per heavy atom. The third-order valence-electron chi connectivity index (χ3n) is 1.33. The molecule has 0 aliphatic rings. The van der Waals surface area contributed by atoms with Gasteiger partial charge in [-0.15, -0.1) is 29.9 Å². The van der Waals surface area contributed by atoms with Crippen LogP contribution in [0.3, 0.4) is 0 Å². The summed E-state index contributed by atoms with van der Waals surface area (Å²) in [5, 5.41) is 4.13. The van der Waals surface area contributed by atoms with Crippen molar-refractivity contribution in [3.8, 4) is 0 Å². The van der Waals surface area contributed by atoms with Gasteiger partial charge >= 0.3 is 0 Å². The second-order valence-electron chi connectivity index (χ2n) is 2.39. The predicted molar refractivity (Wildman–Crippen MR) is 62.2 cm³/mol. The molecule has 0 aliphatic heterocycles. The zero-order valence-corrected chi connectivity index (χ0v) is 10.9. The Labute approximate surface area is 98.7 Å². The average molecular weight is 292 g/mol. The molecule has 78 valence electrons. The second kappa shape index (κ2) is 6.45. The number of anilines is 1. The number of rotatable bonds is 2. The van der Waals surface area contributed by atoms with Crippen molar-refractivity contribution in [2.45, 2.75) is 13.5 Å². The van der Waals surface area contributed by atoms with Crippen LogP contribution in [-0.2, 0) is 6.54 Å². The smallest absolute Gasteiger partial charge is 0.224 e. The highest BCUT2D eigenvalue weighted by Crippen LogP contribution is 2.11. The first-order valence-corrected chi connectivity index (χ1v) is 4.22. The van der Waals surface area contributed by atoms with Crippen molar-refractivity contribution in [2.24, 2.45) is 0 Å². The topological polar surface area (TPSA) is 34.0 Å². The van der Waals surface area contributed by atoms with E-state index in [0.717, 1.165) is 12.5 Å². The van der Waals surface area contributed by atoms with Gasteiger partial charge in [-0.2, -0.15) is 4.98 Å². The minimum Gasteiger partial charge on any atom is -0.347 e. The van der Waals surface area contributed by atoms with Crippen LogP contribution in [0, 0.1) is 0 Å². The quantitative estimate of drug-likeness (QED) is 0.835. The summed E-state index contributed by atoms with van der Waals surface area (Å²) in [6, 6.07) is 0. The highest BCUT2D eigenvalue weighted by atomic mass is 79.9. The van der Waals surface area contributed by atoms with Crippen molar-refractivity contribution in [3.05, 3.63) is 4.73 Å². The van der Waals surface area contributed by atoms with Crippen molar-refractivity contribution < 1.29 is 0 Å². The number of aryl methyl sites for hydroxylation is 1. The van der Waals surface area contributed by atoms with Crippen LogP contribution in [-0.4, -0.2) is 28.9 Å². The summed E-state index contributed by atoms with van der Waals surface area (Å²) in [4.78, 5) is 6.11. The van der Waals surface area contributed by atoms with E-state index in [0.29, 0.717) is 4.73 Å². The maximum atomic E-state index is 4.18. The molecule has 0 saturated heterocycles. The van der Waals surface area contributed by atoms with Crippen molar-refractivity contribution >= 4 is 46.7 Å². The van der Waals surface area contributed by atoms with Crippen LogP contribution in [0.4, 0.5) is 5.95 Å². The van der Waals surface area contributed by atoms with Crippen LogP contribution < -0.4 is 4.90 Å². The van der Waals surface area contributed by atoms with E-state index in [1.54, 1.807) is 0 Å². The highest BCUT2D eigenvalue weighted by Gasteiger charge is 2.06. The Balaban J connectivity index is 0. The average Bonchev–Trinajstić information content (AvgIpc) is 2.30. The molecule has 13 heavy (non-hydrogen) atoms. The number of hydrogen-bond acceptors (Lipinski definition) is 3. The van der Waals surface area contributed by atoms with Crippen LogP contribution in [0.1, 0.15) is 6.92 Å². The Bertz CT molecular complexity index is 251. The lowest BCUT2D eigenvalue weighted by molar-refractivity contribution is 0.649. The van der Waals surface area contributed by atoms with Crippen molar-refractivity contribution in [2.75, 3.05) is 19.0 Å². The molecule has 0 atom stereocenters. The lowest BCUT2D eigenvalue weighted by Gasteiger charge is -2.10. The van der Waals surface area contributed by atoms with Crippen molar-refractivity contribution in [1.29, 1.82) is 0 Å². The predicted octanol–water partition coefficient (Wildman–Crippen LogP) is 1.97. The molecule has 1 rings (SSSR count). The highest BCUT2D eigenvalue weighted by molar-refractivity contribution is 9.10. The molecule has 0 unspecified atom stereocenters. The van der Waals surface area contributed by atoms with Crippen LogP contribution in [0.5, 0.6) is 0 Å². The molecule has 4 nitrogen and oxygen atoms in total. The lowest BCUT2D eigenvalue weighted by atomic mass is 10.7. The molecule has 7 heteroatoms. The maximum absolute atomic E-state index is 4.18. The molecule has 0 N–H and O–H groups in total. The van der Waals surface area contributed by atoms with E-state index in [9.17, 15) is 0 Å². The molecule has 0 spiro atoms. The Hall–Kier alpha value is -0.000000000000000111. The fourth-order valence-corrected chi connectivity index (χ4v) is 1.20. The van der Waals surface area contributed by atoms with E-state index >= 15 is 0 Å². The molecular formula is C6H13BrCl2N4. The normalized spacial score (nSPS) is 8.62. The van der Waals surface area contributed by atoms with Crippen molar-refractivity contribution in [1.82, 2.24) is 14.8 Å². The minimum absolute atomic E-state index is 0. The van der Waals surface area contributed by atoms with E-state index in [1.807, 2.05) is 30.6 Å². The molecule has 0 aromatic carbocycles. The first kappa shape index (κ1) is 15.5. The van der Waals surface area contributed by atoms with E-state index in [2.05, 4.69) is 26.0 Å². The molecule has 1 aromatic rings. The summed E-state index contributed by atoms with van der Waals surface area (Å²) < 4.78 is 2.48. The van der Waals surface area contributed by atoms with Gasteiger partial charge in [0.25, 0.3) is 0 Å². The summed E-state index contributed by atoms with van der Waals surface area (Å²) in [5.74, 6) is 0.874. The van der Waals surface area contributed by atoms with Crippen LogP contribution in [0.25, 0.3) is 0 Å². The zero-order chi connectivity index (χ0) is 8.43. The first-order valence-electron chi connectivity index (χ1n) is 3.42. The Morgan fingerprint density at radius 2 is 1.92 bits per heavy atom. The Kier molecular flexibility index (Phi) is 7.68. The van der Waals surface area contributed by atoms with E-state index in [-0.39, 0.29) is 24.8 Å². The molecule has 1 aromatic heterocycles. The van der Waals surface area contributed by atoms with E-state index in [4.69, 9.17) is 0 Å². The van der Waals surface area contributed by atoms with Crippen molar-refractivity contribution in [3.63, 3.8) is 0 Å². The molecule has 0 aliphatic carbocycles. The van der Waals surface area contributed by atoms with Crippen LogP contribution >= 0.6 is 40.7 Å². The number of hydrogen-bond donors (Lipinski definition) is 0. The first-order chi connectivity index (χ1) is 5.15. The van der Waals surface area contributed by atoms with Gasteiger partial charge in [0, 0.05) is 20.6 Å². The third-order valence-corrected chi connectivity index (χ3v) is 1.66. The molecule has 0 fully saturated rings. The van der Waals surface area contributed by atoms with Gasteiger partial charge in [-0.05, 0) is 22.9 Å². The van der Waals surface area contributed by atoms with Gasteiger partial charge in [-0.1, -0.05) is 0 Å². The molecule has 0 amide bonds. The molecular weight excluding hydrogens is 279 g/mol. The fraction of sp³-hybridized carbons (Fsp3) is 0.667. The maximum Gasteiger partial charge on any atom is 0.224 e. The van der Waals surface area contributed by atoms with Gasteiger partial charge in [0.2, 0.25) is 10.7 Å². The van der Waals surface area contributed by atoms with E-state index < -0.39 is 0 Å². The van der Waals surface area contributed by atoms with Gasteiger partial charge in [0.15, 0.2) is 0 Å². The second-order valence-corrected chi connectivity index (χ2v) is 3.10. The van der Waals surface area contributed by atoms with Crippen LogP contribution in [0.2, 0.25) is 0 Å². The standard InChI is InChI=1S/C6H11BrN4.2ClH/c1-4-11-6(10(2)3)8-5(7)9-11;;/h4H2,1-3H3;2*1H. The zero-order valence-electron chi connectivity index (χ0n) is 7.69. The third kappa shape index (κ3) is 3.70. The summed E-state index contributed by atoms with van der Waals surface area (Å²) in [6.45, 7) is 2.88. The number of aromatic nitrogens is 3.